The summed E-state index contributed by atoms with van der Waals surface area (Å²) in [7, 11) is 0. The number of hydrogen-bond donors (Lipinski definition) is 0. The van der Waals surface area contributed by atoms with E-state index in [1.54, 1.807) is 0 Å². The molecule has 116 valence electrons. The van der Waals surface area contributed by atoms with Crippen LogP contribution in [0, 0.1) is 6.92 Å². The smallest absolute Gasteiger partial charge is 0.153 e. The van der Waals surface area contributed by atoms with Crippen LogP contribution in [0.3, 0.4) is 0 Å². The molecule has 0 atom stereocenters. The molecule has 0 heterocycles. The second kappa shape index (κ2) is 7.64. The maximum atomic E-state index is 11.2. The van der Waals surface area contributed by atoms with Gasteiger partial charge < -0.3 is 9.64 Å². The topological polar surface area (TPSA) is 29.5 Å². The molecule has 3 nitrogen and oxygen atoms in total. The zero-order chi connectivity index (χ0) is 15.9. The minimum atomic E-state index is 0.461. The predicted molar refractivity (Wildman–Crippen MR) is 90.9 cm³/mol. The van der Waals surface area contributed by atoms with Gasteiger partial charge in [0.2, 0.25) is 0 Å². The van der Waals surface area contributed by atoms with Gasteiger partial charge in [0, 0.05) is 24.8 Å². The van der Waals surface area contributed by atoms with Crippen LogP contribution in [0.1, 0.15) is 35.3 Å². The molecule has 0 N–H and O–H groups in total. The summed E-state index contributed by atoms with van der Waals surface area (Å²) in [6.07, 6.45) is 0.844. The molecular weight excluding hydrogens is 274 g/mol. The molecule has 0 amide bonds. The van der Waals surface area contributed by atoms with Crippen molar-refractivity contribution in [2.45, 2.75) is 27.4 Å². The van der Waals surface area contributed by atoms with Crippen molar-refractivity contribution in [3.63, 3.8) is 0 Å². The Morgan fingerprint density at radius 2 is 1.73 bits per heavy atom. The summed E-state index contributed by atoms with van der Waals surface area (Å²) in [6, 6.07) is 14.0. The fourth-order valence-corrected chi connectivity index (χ4v) is 2.38. The maximum Gasteiger partial charge on any atom is 0.153 e. The highest BCUT2D eigenvalue weighted by Gasteiger charge is 2.08. The fraction of sp³-hybridized carbons (Fsp3) is 0.316. The van der Waals surface area contributed by atoms with Gasteiger partial charge in [-0.25, -0.2) is 0 Å². The molecule has 2 rings (SSSR count). The Kier molecular flexibility index (Phi) is 5.59. The summed E-state index contributed by atoms with van der Waals surface area (Å²) >= 11 is 0. The Labute approximate surface area is 132 Å². The van der Waals surface area contributed by atoms with Crippen molar-refractivity contribution in [3.8, 4) is 5.75 Å². The lowest BCUT2D eigenvalue weighted by Gasteiger charge is -2.22. The van der Waals surface area contributed by atoms with E-state index in [9.17, 15) is 4.79 Å². The first-order valence-electron chi connectivity index (χ1n) is 7.70. The van der Waals surface area contributed by atoms with Crippen LogP contribution in [0.5, 0.6) is 5.75 Å². The van der Waals surface area contributed by atoms with E-state index in [0.29, 0.717) is 17.9 Å². The Morgan fingerprint density at radius 1 is 1.05 bits per heavy atom. The standard InChI is InChI=1S/C19H23NO2/c1-4-20(5-2)18-11-10-17(13-21)19(12-18)22-14-16-8-6-15(3)7-9-16/h6-13H,4-5,14H2,1-3H3. The van der Waals surface area contributed by atoms with Gasteiger partial charge in [-0.1, -0.05) is 29.8 Å². The first kappa shape index (κ1) is 16.1. The number of ether oxygens (including phenoxy) is 1. The molecule has 0 spiro atoms. The third-order valence-corrected chi connectivity index (χ3v) is 3.77. The van der Waals surface area contributed by atoms with Crippen molar-refractivity contribution in [2.24, 2.45) is 0 Å². The van der Waals surface area contributed by atoms with Crippen molar-refractivity contribution in [1.29, 1.82) is 0 Å². The van der Waals surface area contributed by atoms with Crippen LogP contribution >= 0.6 is 0 Å². The lowest BCUT2D eigenvalue weighted by molar-refractivity contribution is 0.111. The molecular formula is C19H23NO2. The Hall–Kier alpha value is -2.29. The lowest BCUT2D eigenvalue weighted by atomic mass is 10.1. The summed E-state index contributed by atoms with van der Waals surface area (Å²) in [5.41, 5.74) is 3.98. The van der Waals surface area contributed by atoms with Gasteiger partial charge in [0.05, 0.1) is 5.56 Å². The molecule has 0 fully saturated rings. The van der Waals surface area contributed by atoms with Crippen molar-refractivity contribution in [2.75, 3.05) is 18.0 Å². The van der Waals surface area contributed by atoms with Crippen LogP contribution in [0.2, 0.25) is 0 Å². The molecule has 0 aliphatic carbocycles. The Balaban J connectivity index is 2.18. The first-order chi connectivity index (χ1) is 10.7. The van der Waals surface area contributed by atoms with E-state index in [2.05, 4.69) is 37.8 Å². The average Bonchev–Trinajstić information content (AvgIpc) is 2.55. The van der Waals surface area contributed by atoms with E-state index in [1.165, 1.54) is 5.56 Å². The van der Waals surface area contributed by atoms with Crippen molar-refractivity contribution in [1.82, 2.24) is 0 Å². The summed E-state index contributed by atoms with van der Waals surface area (Å²) in [5.74, 6) is 0.639. The SMILES string of the molecule is CCN(CC)c1ccc(C=O)c(OCc2ccc(C)cc2)c1. The number of hydrogen-bond acceptors (Lipinski definition) is 3. The van der Waals surface area contributed by atoms with Crippen LogP contribution in [-0.2, 0) is 6.61 Å². The molecule has 0 aliphatic rings. The van der Waals surface area contributed by atoms with Crippen molar-refractivity contribution >= 4 is 12.0 Å². The predicted octanol–water partition coefficient (Wildman–Crippen LogP) is 4.23. The average molecular weight is 297 g/mol. The van der Waals surface area contributed by atoms with Crippen LogP contribution in [0.25, 0.3) is 0 Å². The number of rotatable bonds is 7. The minimum Gasteiger partial charge on any atom is -0.488 e. The molecule has 0 saturated heterocycles. The number of nitrogens with zero attached hydrogens (tertiary/aromatic N) is 1. The highest BCUT2D eigenvalue weighted by atomic mass is 16.5. The van der Waals surface area contributed by atoms with E-state index in [1.807, 2.05) is 30.3 Å². The molecule has 2 aromatic rings. The second-order valence-corrected chi connectivity index (χ2v) is 5.29. The van der Waals surface area contributed by atoms with Gasteiger partial charge >= 0.3 is 0 Å². The summed E-state index contributed by atoms with van der Waals surface area (Å²) in [5, 5.41) is 0. The van der Waals surface area contributed by atoms with Gasteiger partial charge in [0.1, 0.15) is 12.4 Å². The number of aryl methyl sites for hydroxylation is 1. The third-order valence-electron chi connectivity index (χ3n) is 3.77. The van der Waals surface area contributed by atoms with E-state index < -0.39 is 0 Å². The molecule has 22 heavy (non-hydrogen) atoms. The second-order valence-electron chi connectivity index (χ2n) is 5.29. The number of benzene rings is 2. The number of carbonyl (C=O) groups is 1. The lowest BCUT2D eigenvalue weighted by Crippen LogP contribution is -2.21. The van der Waals surface area contributed by atoms with Gasteiger partial charge in [-0.3, -0.25) is 4.79 Å². The van der Waals surface area contributed by atoms with Gasteiger partial charge in [0.15, 0.2) is 6.29 Å². The fourth-order valence-electron chi connectivity index (χ4n) is 2.38. The molecule has 2 aromatic carbocycles. The summed E-state index contributed by atoms with van der Waals surface area (Å²) in [4.78, 5) is 13.4. The number of anilines is 1. The van der Waals surface area contributed by atoms with Crippen molar-refractivity contribution < 1.29 is 9.53 Å². The van der Waals surface area contributed by atoms with Gasteiger partial charge in [0.25, 0.3) is 0 Å². The first-order valence-corrected chi connectivity index (χ1v) is 7.70. The number of aldehydes is 1. The van der Waals surface area contributed by atoms with Gasteiger partial charge in [-0.2, -0.15) is 0 Å². The van der Waals surface area contributed by atoms with E-state index in [-0.39, 0.29) is 0 Å². The summed E-state index contributed by atoms with van der Waals surface area (Å²) in [6.45, 7) is 8.60. The van der Waals surface area contributed by atoms with Crippen LogP contribution in [0.15, 0.2) is 42.5 Å². The highest BCUT2D eigenvalue weighted by molar-refractivity contribution is 5.80. The van der Waals surface area contributed by atoms with Crippen LogP contribution in [0.4, 0.5) is 5.69 Å². The van der Waals surface area contributed by atoms with Crippen molar-refractivity contribution in [3.05, 3.63) is 59.2 Å². The molecule has 0 radical (unpaired) electrons. The highest BCUT2D eigenvalue weighted by Crippen LogP contribution is 2.25. The largest absolute Gasteiger partial charge is 0.488 e. The Morgan fingerprint density at radius 3 is 2.32 bits per heavy atom. The zero-order valence-corrected chi connectivity index (χ0v) is 13.5. The molecule has 0 aromatic heterocycles. The monoisotopic (exact) mass is 297 g/mol. The molecule has 0 bridgehead atoms. The van der Waals surface area contributed by atoms with Gasteiger partial charge in [-0.05, 0) is 38.5 Å². The Bertz CT molecular complexity index is 616. The van der Waals surface area contributed by atoms with Gasteiger partial charge in [-0.15, -0.1) is 0 Å². The molecule has 3 heteroatoms. The zero-order valence-electron chi connectivity index (χ0n) is 13.5. The maximum absolute atomic E-state index is 11.2. The van der Waals surface area contributed by atoms with Crippen LogP contribution in [-0.4, -0.2) is 19.4 Å². The summed E-state index contributed by atoms with van der Waals surface area (Å²) < 4.78 is 5.88. The molecule has 0 unspecified atom stereocenters. The van der Waals surface area contributed by atoms with E-state index >= 15 is 0 Å². The normalized spacial score (nSPS) is 10.3. The quantitative estimate of drug-likeness (QED) is 0.716. The third kappa shape index (κ3) is 3.88. The van der Waals surface area contributed by atoms with E-state index in [0.717, 1.165) is 30.6 Å². The molecule has 0 saturated carbocycles. The van der Waals surface area contributed by atoms with Crippen LogP contribution < -0.4 is 9.64 Å². The minimum absolute atomic E-state index is 0.461. The number of carbonyl (C=O) groups excluding carboxylic acids is 1. The molecule has 0 aliphatic heterocycles. The van der Waals surface area contributed by atoms with E-state index in [4.69, 9.17) is 4.74 Å².